The molecule has 0 aromatic rings. The van der Waals surface area contributed by atoms with Crippen molar-refractivity contribution in [3.8, 4) is 0 Å². The van der Waals surface area contributed by atoms with E-state index < -0.39 is 34.5 Å². The Morgan fingerprint density at radius 3 is 2.42 bits per heavy atom. The molecule has 0 fully saturated rings. The van der Waals surface area contributed by atoms with Crippen LogP contribution < -0.4 is 5.32 Å². The lowest BCUT2D eigenvalue weighted by atomic mass is 10.3. The van der Waals surface area contributed by atoms with Crippen LogP contribution in [0, 0.1) is 0 Å². The fraction of sp³-hybridized carbons (Fsp3) is 0.800. The van der Waals surface area contributed by atoms with E-state index in [1.807, 2.05) is 0 Å². The third kappa shape index (κ3) is 6.48. The summed E-state index contributed by atoms with van der Waals surface area (Å²) in [4.78, 5) is 21.6. The molecule has 0 radical (unpaired) electrons. The van der Waals surface area contributed by atoms with Gasteiger partial charge in [-0.3, -0.25) is 14.0 Å². The van der Waals surface area contributed by atoms with Gasteiger partial charge in [0.25, 0.3) is 0 Å². The highest BCUT2D eigenvalue weighted by atomic mass is 32.2. The number of nitrogens with one attached hydrogen (secondary N) is 1. The molecule has 9 heteroatoms. The largest absolute Gasteiger partial charge is 0.480 e. The number of halogens is 1. The van der Waals surface area contributed by atoms with Crippen molar-refractivity contribution >= 4 is 21.9 Å². The molecule has 19 heavy (non-hydrogen) atoms. The van der Waals surface area contributed by atoms with Crippen LogP contribution in [0.1, 0.15) is 20.3 Å². The summed E-state index contributed by atoms with van der Waals surface area (Å²) in [6.07, 6.45) is -0.189. The highest BCUT2D eigenvalue weighted by Crippen LogP contribution is 2.09. The van der Waals surface area contributed by atoms with E-state index in [2.05, 4.69) is 5.32 Å². The Hall–Kier alpha value is -1.22. The van der Waals surface area contributed by atoms with Crippen molar-refractivity contribution in [2.24, 2.45) is 0 Å². The van der Waals surface area contributed by atoms with Crippen molar-refractivity contribution in [2.75, 3.05) is 25.5 Å². The third-order valence-corrected chi connectivity index (χ3v) is 4.41. The van der Waals surface area contributed by atoms with Gasteiger partial charge in [-0.05, 0) is 13.3 Å². The Morgan fingerprint density at radius 2 is 2.00 bits per heavy atom. The second-order valence-corrected chi connectivity index (χ2v) is 6.01. The monoisotopic (exact) mass is 298 g/mol. The zero-order valence-electron chi connectivity index (χ0n) is 10.9. The van der Waals surface area contributed by atoms with Gasteiger partial charge < -0.3 is 10.4 Å². The lowest BCUT2D eigenvalue weighted by Gasteiger charge is -2.25. The fourth-order valence-corrected chi connectivity index (χ4v) is 3.04. The number of alkyl halides is 1. The van der Waals surface area contributed by atoms with Gasteiger partial charge in [0, 0.05) is 20.0 Å². The predicted molar refractivity (Wildman–Crippen MR) is 66.9 cm³/mol. The molecule has 7 nitrogen and oxygen atoms in total. The summed E-state index contributed by atoms with van der Waals surface area (Å²) < 4.78 is 36.6. The minimum Gasteiger partial charge on any atom is -0.480 e. The van der Waals surface area contributed by atoms with Crippen LogP contribution in [0.3, 0.4) is 0 Å². The molecular weight excluding hydrogens is 279 g/mol. The van der Waals surface area contributed by atoms with Gasteiger partial charge in [0.15, 0.2) is 0 Å². The number of aliphatic carboxylic acids is 1. The number of amides is 1. The molecule has 1 amide bonds. The van der Waals surface area contributed by atoms with Crippen molar-refractivity contribution in [1.82, 2.24) is 9.62 Å². The molecule has 1 atom stereocenters. The SMILES string of the molecule is CC(=O)NCCN(C(C)C(=O)O)S(=O)(=O)CCCF. The van der Waals surface area contributed by atoms with Gasteiger partial charge in [0.2, 0.25) is 15.9 Å². The standard InChI is InChI=1S/C10H19FN2O5S/c1-8(10(15)16)13(6-5-12-9(2)14)19(17,18)7-3-4-11/h8H,3-7H2,1-2H3,(H,12,14)(H,15,16). The molecule has 0 spiro atoms. The average Bonchev–Trinajstić information content (AvgIpc) is 2.30. The van der Waals surface area contributed by atoms with Gasteiger partial charge >= 0.3 is 5.97 Å². The van der Waals surface area contributed by atoms with Crippen molar-refractivity contribution in [3.05, 3.63) is 0 Å². The number of carbonyl (C=O) groups is 2. The number of hydrogen-bond acceptors (Lipinski definition) is 4. The molecule has 2 N–H and O–H groups in total. The highest BCUT2D eigenvalue weighted by Gasteiger charge is 2.30. The second-order valence-electron chi connectivity index (χ2n) is 3.97. The summed E-state index contributed by atoms with van der Waals surface area (Å²) in [6, 6.07) is -1.27. The molecule has 0 bridgehead atoms. The van der Waals surface area contributed by atoms with Crippen LogP contribution in [0.4, 0.5) is 4.39 Å². The number of carboxylic acid groups (broad SMARTS) is 1. The van der Waals surface area contributed by atoms with Crippen molar-refractivity contribution in [1.29, 1.82) is 0 Å². The van der Waals surface area contributed by atoms with Gasteiger partial charge in [0.1, 0.15) is 6.04 Å². The molecule has 0 aromatic heterocycles. The maximum Gasteiger partial charge on any atom is 0.321 e. The van der Waals surface area contributed by atoms with Crippen LogP contribution >= 0.6 is 0 Å². The summed E-state index contributed by atoms with van der Waals surface area (Å²) in [7, 11) is -3.87. The lowest BCUT2D eigenvalue weighted by Crippen LogP contribution is -2.47. The van der Waals surface area contributed by atoms with Crippen LogP contribution in [-0.2, 0) is 19.6 Å². The van der Waals surface area contributed by atoms with Gasteiger partial charge in [-0.15, -0.1) is 0 Å². The van der Waals surface area contributed by atoms with E-state index in [4.69, 9.17) is 5.11 Å². The first-order valence-corrected chi connectivity index (χ1v) is 7.36. The molecule has 0 aromatic carbocycles. The lowest BCUT2D eigenvalue weighted by molar-refractivity contribution is -0.140. The van der Waals surface area contributed by atoms with Crippen LogP contribution in [0.5, 0.6) is 0 Å². The van der Waals surface area contributed by atoms with Crippen LogP contribution in [0.15, 0.2) is 0 Å². The van der Waals surface area contributed by atoms with Crippen LogP contribution in [0.25, 0.3) is 0 Å². The van der Waals surface area contributed by atoms with Crippen molar-refractivity contribution in [3.63, 3.8) is 0 Å². The number of hydrogen-bond donors (Lipinski definition) is 2. The zero-order chi connectivity index (χ0) is 15.1. The van der Waals surface area contributed by atoms with Crippen LogP contribution in [0.2, 0.25) is 0 Å². The summed E-state index contributed by atoms with van der Waals surface area (Å²) >= 11 is 0. The first-order chi connectivity index (χ1) is 8.72. The molecule has 0 aliphatic heterocycles. The first-order valence-electron chi connectivity index (χ1n) is 5.75. The smallest absolute Gasteiger partial charge is 0.321 e. The summed E-state index contributed by atoms with van der Waals surface area (Å²) in [5.74, 6) is -2.10. The van der Waals surface area contributed by atoms with Gasteiger partial charge in [-0.2, -0.15) is 4.31 Å². The fourth-order valence-electron chi connectivity index (χ4n) is 1.39. The molecule has 112 valence electrons. The minimum absolute atomic E-state index is 0.00179. The predicted octanol–water partition coefficient (Wildman–Crippen LogP) is -0.413. The first kappa shape index (κ1) is 17.8. The highest BCUT2D eigenvalue weighted by molar-refractivity contribution is 7.89. The van der Waals surface area contributed by atoms with E-state index in [0.29, 0.717) is 0 Å². The average molecular weight is 298 g/mol. The Morgan fingerprint density at radius 1 is 1.42 bits per heavy atom. The topological polar surface area (TPSA) is 104 Å². The van der Waals surface area contributed by atoms with E-state index in [-0.39, 0.29) is 25.4 Å². The van der Waals surface area contributed by atoms with Gasteiger partial charge in [0.05, 0.1) is 12.4 Å². The zero-order valence-corrected chi connectivity index (χ0v) is 11.7. The van der Waals surface area contributed by atoms with Gasteiger partial charge in [-0.1, -0.05) is 0 Å². The molecule has 0 heterocycles. The maximum absolute atomic E-state index is 12.0. The van der Waals surface area contributed by atoms with E-state index in [9.17, 15) is 22.4 Å². The Kier molecular flexibility index (Phi) is 7.53. The number of carboxylic acids is 1. The number of sulfonamides is 1. The molecule has 0 saturated heterocycles. The summed E-state index contributed by atoms with van der Waals surface area (Å²) in [5.41, 5.74) is 0. The quantitative estimate of drug-likeness (QED) is 0.602. The molecular formula is C10H19FN2O5S. The summed E-state index contributed by atoms with van der Waals surface area (Å²) in [5, 5.41) is 11.3. The summed E-state index contributed by atoms with van der Waals surface area (Å²) in [6.45, 7) is 1.54. The number of rotatable bonds is 9. The third-order valence-electron chi connectivity index (χ3n) is 2.39. The molecule has 0 aliphatic rings. The molecule has 0 saturated carbocycles. The molecule has 1 unspecified atom stereocenters. The minimum atomic E-state index is -3.87. The van der Waals surface area contributed by atoms with Gasteiger partial charge in [-0.25, -0.2) is 8.42 Å². The number of nitrogens with zero attached hydrogens (tertiary/aromatic N) is 1. The number of carbonyl (C=O) groups excluding carboxylic acids is 1. The maximum atomic E-state index is 12.0. The van der Waals surface area contributed by atoms with E-state index in [0.717, 1.165) is 4.31 Å². The molecule has 0 rings (SSSR count). The second kappa shape index (κ2) is 8.05. The van der Waals surface area contributed by atoms with E-state index in [1.54, 1.807) is 0 Å². The molecule has 0 aliphatic carbocycles. The van der Waals surface area contributed by atoms with E-state index >= 15 is 0 Å². The van der Waals surface area contributed by atoms with E-state index in [1.165, 1.54) is 13.8 Å². The van der Waals surface area contributed by atoms with Crippen molar-refractivity contribution in [2.45, 2.75) is 26.3 Å². The van der Waals surface area contributed by atoms with Crippen molar-refractivity contribution < 1.29 is 27.5 Å². The normalized spacial score (nSPS) is 13.3. The Bertz CT molecular complexity index is 412. The Labute approximate surface area is 111 Å². The Balaban J connectivity index is 4.84. The van der Waals surface area contributed by atoms with Crippen LogP contribution in [-0.4, -0.2) is 61.3 Å².